The number of rotatable bonds is 1. The number of nitrogens with one attached hydrogen (secondary N) is 1. The smallest absolute Gasteiger partial charge is 0.371 e. The van der Waals surface area contributed by atoms with Crippen LogP contribution in [-0.4, -0.2) is 21.0 Å². The van der Waals surface area contributed by atoms with Crippen molar-refractivity contribution in [3.05, 3.63) is 12.0 Å². The highest BCUT2D eigenvalue weighted by Gasteiger charge is 2.04. The highest BCUT2D eigenvalue weighted by molar-refractivity contribution is 7.80. The zero-order valence-electron chi connectivity index (χ0n) is 4.33. The van der Waals surface area contributed by atoms with Crippen molar-refractivity contribution in [2.75, 3.05) is 0 Å². The third-order valence-electron chi connectivity index (χ3n) is 0.767. The lowest BCUT2D eigenvalue weighted by Gasteiger charge is -1.79. The van der Waals surface area contributed by atoms with Gasteiger partial charge in [-0.15, -0.1) is 12.6 Å². The summed E-state index contributed by atoms with van der Waals surface area (Å²) in [6, 6.07) is 0. The second kappa shape index (κ2) is 2.10. The molecular formula is C4H4N2O2S. The maximum atomic E-state index is 10.1. The number of nitrogens with zero attached hydrogens (tertiary/aromatic N) is 1. The molecule has 0 aliphatic heterocycles. The van der Waals surface area contributed by atoms with Gasteiger partial charge >= 0.3 is 5.97 Å². The molecule has 1 heterocycles. The number of aromatic carboxylic acids is 1. The average Bonchev–Trinajstić information content (AvgIpc) is 2.14. The first-order chi connectivity index (χ1) is 4.20. The van der Waals surface area contributed by atoms with Gasteiger partial charge in [0.15, 0.2) is 0 Å². The van der Waals surface area contributed by atoms with Crippen molar-refractivity contribution in [1.29, 1.82) is 0 Å². The fraction of sp³-hybridized carbons (Fsp3) is 0. The van der Waals surface area contributed by atoms with E-state index in [2.05, 4.69) is 22.6 Å². The summed E-state index contributed by atoms with van der Waals surface area (Å²) in [5.41, 5.74) is 0. The second-order valence-corrected chi connectivity index (χ2v) is 1.87. The van der Waals surface area contributed by atoms with E-state index in [0.717, 1.165) is 0 Å². The third-order valence-corrected chi connectivity index (χ3v) is 0.996. The summed E-state index contributed by atoms with van der Waals surface area (Å²) >= 11 is 3.79. The minimum absolute atomic E-state index is 0.0833. The lowest BCUT2D eigenvalue weighted by molar-refractivity contribution is 0.0684. The molecule has 0 saturated heterocycles. The highest BCUT2D eigenvalue weighted by atomic mass is 32.1. The number of imidazole rings is 1. The van der Waals surface area contributed by atoms with E-state index in [-0.39, 0.29) is 5.82 Å². The van der Waals surface area contributed by atoms with E-state index in [9.17, 15) is 4.79 Å². The molecule has 0 bridgehead atoms. The van der Waals surface area contributed by atoms with Crippen LogP contribution in [0.25, 0.3) is 0 Å². The Hall–Kier alpha value is -0.970. The molecule has 48 valence electrons. The molecule has 0 unspecified atom stereocenters. The molecule has 2 N–H and O–H groups in total. The van der Waals surface area contributed by atoms with Gasteiger partial charge in [0, 0.05) is 6.20 Å². The summed E-state index contributed by atoms with van der Waals surface area (Å²) in [6.07, 6.45) is 1.41. The predicted molar refractivity (Wildman–Crippen MR) is 32.8 cm³/mol. The number of thiol groups is 1. The van der Waals surface area contributed by atoms with E-state index < -0.39 is 5.97 Å². The molecule has 0 radical (unpaired) electrons. The summed E-state index contributed by atoms with van der Waals surface area (Å²) < 4.78 is 0. The summed E-state index contributed by atoms with van der Waals surface area (Å²) in [5, 5.41) is 8.65. The Morgan fingerprint density at radius 3 is 2.78 bits per heavy atom. The Morgan fingerprint density at radius 2 is 2.56 bits per heavy atom. The zero-order chi connectivity index (χ0) is 6.85. The molecule has 0 aliphatic carbocycles. The number of hydrogen-bond donors (Lipinski definition) is 3. The van der Waals surface area contributed by atoms with E-state index in [1.807, 2.05) is 0 Å². The van der Waals surface area contributed by atoms with Gasteiger partial charge in [-0.25, -0.2) is 9.78 Å². The fourth-order valence-electron chi connectivity index (χ4n) is 0.422. The highest BCUT2D eigenvalue weighted by Crippen LogP contribution is 1.99. The van der Waals surface area contributed by atoms with Gasteiger partial charge < -0.3 is 10.1 Å². The van der Waals surface area contributed by atoms with Crippen LogP contribution in [0.3, 0.4) is 0 Å². The molecule has 1 aromatic heterocycles. The van der Waals surface area contributed by atoms with Crippen molar-refractivity contribution < 1.29 is 9.90 Å². The number of carbonyl (C=O) groups is 1. The van der Waals surface area contributed by atoms with E-state index in [4.69, 9.17) is 5.11 Å². The maximum Gasteiger partial charge on any atom is 0.371 e. The van der Waals surface area contributed by atoms with Crippen LogP contribution in [-0.2, 0) is 0 Å². The van der Waals surface area contributed by atoms with E-state index in [1.165, 1.54) is 6.20 Å². The summed E-state index contributed by atoms with van der Waals surface area (Å²) in [5.74, 6) is -1.16. The van der Waals surface area contributed by atoms with Crippen LogP contribution in [0.1, 0.15) is 10.6 Å². The van der Waals surface area contributed by atoms with Gasteiger partial charge in [-0.1, -0.05) is 0 Å². The van der Waals surface area contributed by atoms with Crippen molar-refractivity contribution in [1.82, 2.24) is 9.97 Å². The Balaban J connectivity index is 2.98. The molecule has 1 aromatic rings. The lowest BCUT2D eigenvalue weighted by Crippen LogP contribution is -1.97. The van der Waals surface area contributed by atoms with Crippen molar-refractivity contribution >= 4 is 18.6 Å². The van der Waals surface area contributed by atoms with Gasteiger partial charge in [-0.2, -0.15) is 0 Å². The number of aromatic amines is 1. The van der Waals surface area contributed by atoms with Crippen LogP contribution >= 0.6 is 12.6 Å². The summed E-state index contributed by atoms with van der Waals surface area (Å²) in [4.78, 5) is 16.0. The standard InChI is InChI=1S/C4H4N2O2S/c7-4(8)3-5-1-2(9)6-3/h1,9H,(H,5,6)(H,7,8). The lowest BCUT2D eigenvalue weighted by atomic mass is 10.6. The largest absolute Gasteiger partial charge is 0.475 e. The molecule has 0 spiro atoms. The van der Waals surface area contributed by atoms with Gasteiger partial charge in [0.25, 0.3) is 0 Å². The molecule has 1 rings (SSSR count). The van der Waals surface area contributed by atoms with Crippen LogP contribution in [0.5, 0.6) is 0 Å². The topological polar surface area (TPSA) is 66.0 Å². The molecule has 0 fully saturated rings. The number of carboxylic acid groups (broad SMARTS) is 1. The van der Waals surface area contributed by atoms with Crippen LogP contribution < -0.4 is 0 Å². The molecule has 0 aliphatic rings. The SMILES string of the molecule is O=C(O)c1nc(S)c[nH]1. The summed E-state index contributed by atoms with van der Waals surface area (Å²) in [7, 11) is 0. The Labute approximate surface area is 56.3 Å². The molecule has 4 nitrogen and oxygen atoms in total. The molecule has 0 saturated carbocycles. The quantitative estimate of drug-likeness (QED) is 0.500. The third kappa shape index (κ3) is 1.23. The molecular weight excluding hydrogens is 140 g/mol. The van der Waals surface area contributed by atoms with Crippen molar-refractivity contribution in [2.45, 2.75) is 5.03 Å². The monoisotopic (exact) mass is 144 g/mol. The van der Waals surface area contributed by atoms with Crippen LogP contribution in [0.4, 0.5) is 0 Å². The molecule has 0 aromatic carbocycles. The summed E-state index contributed by atoms with van der Waals surface area (Å²) in [6.45, 7) is 0. The number of carboxylic acids is 1. The van der Waals surface area contributed by atoms with Crippen LogP contribution in [0.2, 0.25) is 0 Å². The van der Waals surface area contributed by atoms with E-state index in [0.29, 0.717) is 5.03 Å². The van der Waals surface area contributed by atoms with Crippen molar-refractivity contribution in [3.8, 4) is 0 Å². The first-order valence-electron chi connectivity index (χ1n) is 2.18. The zero-order valence-corrected chi connectivity index (χ0v) is 5.22. The van der Waals surface area contributed by atoms with Gasteiger partial charge in [0.1, 0.15) is 5.03 Å². The number of hydrogen-bond acceptors (Lipinski definition) is 3. The normalized spacial score (nSPS) is 9.44. The number of aromatic nitrogens is 2. The minimum Gasteiger partial charge on any atom is -0.475 e. The van der Waals surface area contributed by atoms with Gasteiger partial charge in [0.05, 0.1) is 0 Å². The fourth-order valence-corrected chi connectivity index (χ4v) is 0.586. The van der Waals surface area contributed by atoms with Crippen LogP contribution in [0, 0.1) is 0 Å². The average molecular weight is 144 g/mol. The number of H-pyrrole nitrogens is 1. The van der Waals surface area contributed by atoms with Crippen molar-refractivity contribution in [3.63, 3.8) is 0 Å². The minimum atomic E-state index is -1.07. The van der Waals surface area contributed by atoms with Gasteiger partial charge in [-0.05, 0) is 0 Å². The Morgan fingerprint density at radius 1 is 1.89 bits per heavy atom. The Bertz CT molecular complexity index is 232. The first kappa shape index (κ1) is 6.15. The van der Waals surface area contributed by atoms with Crippen LogP contribution in [0.15, 0.2) is 11.2 Å². The predicted octanol–water partition coefficient (Wildman–Crippen LogP) is 0.397. The van der Waals surface area contributed by atoms with E-state index in [1.54, 1.807) is 0 Å². The van der Waals surface area contributed by atoms with E-state index >= 15 is 0 Å². The van der Waals surface area contributed by atoms with Gasteiger partial charge in [-0.3, -0.25) is 0 Å². The van der Waals surface area contributed by atoms with Crippen molar-refractivity contribution in [2.24, 2.45) is 0 Å². The molecule has 0 atom stereocenters. The Kier molecular flexibility index (Phi) is 1.44. The molecule has 0 amide bonds. The molecule has 5 heteroatoms. The maximum absolute atomic E-state index is 10.1. The first-order valence-corrected chi connectivity index (χ1v) is 2.62. The molecule has 9 heavy (non-hydrogen) atoms. The second-order valence-electron chi connectivity index (χ2n) is 1.41. The van der Waals surface area contributed by atoms with Gasteiger partial charge in [0.2, 0.25) is 5.82 Å².